The highest BCUT2D eigenvalue weighted by molar-refractivity contribution is 5.30. The van der Waals surface area contributed by atoms with E-state index in [-0.39, 0.29) is 13.2 Å². The standard InChI is InChI=1S/C10H12F2O.CH4/c1-7(2)8-4-3-5-9(6-8)13-10(11)12;/h3-7,10H,1-2H3;1H4. The Kier molecular flexibility index (Phi) is 5.13. The maximum Gasteiger partial charge on any atom is 0.387 e. The third-order valence-electron chi connectivity index (χ3n) is 1.75. The van der Waals surface area contributed by atoms with Crippen molar-refractivity contribution in [1.82, 2.24) is 0 Å². The average molecular weight is 202 g/mol. The number of ether oxygens (including phenoxy) is 1. The average Bonchev–Trinajstić information content (AvgIpc) is 2.03. The summed E-state index contributed by atoms with van der Waals surface area (Å²) in [7, 11) is 0. The zero-order valence-electron chi connectivity index (χ0n) is 7.63. The first-order valence-corrected chi connectivity index (χ1v) is 4.14. The Hall–Kier alpha value is -1.12. The predicted molar refractivity (Wildman–Crippen MR) is 53.9 cm³/mol. The molecule has 0 bridgehead atoms. The van der Waals surface area contributed by atoms with E-state index in [1.165, 1.54) is 6.07 Å². The number of hydrogen-bond donors (Lipinski definition) is 0. The van der Waals surface area contributed by atoms with Crippen LogP contribution in [0.5, 0.6) is 5.75 Å². The first-order valence-electron chi connectivity index (χ1n) is 4.14. The van der Waals surface area contributed by atoms with Crippen LogP contribution in [0.4, 0.5) is 8.78 Å². The van der Waals surface area contributed by atoms with Gasteiger partial charge in [-0.1, -0.05) is 33.4 Å². The van der Waals surface area contributed by atoms with Crippen LogP contribution >= 0.6 is 0 Å². The summed E-state index contributed by atoms with van der Waals surface area (Å²) >= 11 is 0. The van der Waals surface area contributed by atoms with Crippen molar-refractivity contribution in [3.05, 3.63) is 29.8 Å². The molecular formula is C11H16F2O. The lowest BCUT2D eigenvalue weighted by Crippen LogP contribution is -2.02. The lowest BCUT2D eigenvalue weighted by molar-refractivity contribution is -0.0498. The molecule has 0 fully saturated rings. The largest absolute Gasteiger partial charge is 0.435 e. The number of benzene rings is 1. The van der Waals surface area contributed by atoms with Crippen molar-refractivity contribution >= 4 is 0 Å². The highest BCUT2D eigenvalue weighted by Crippen LogP contribution is 2.21. The zero-order valence-corrected chi connectivity index (χ0v) is 7.63. The van der Waals surface area contributed by atoms with Crippen LogP contribution in [0.15, 0.2) is 24.3 Å². The van der Waals surface area contributed by atoms with Crippen LogP contribution in [0.2, 0.25) is 0 Å². The van der Waals surface area contributed by atoms with Crippen LogP contribution in [-0.4, -0.2) is 6.61 Å². The van der Waals surface area contributed by atoms with Crippen molar-refractivity contribution in [2.24, 2.45) is 0 Å². The van der Waals surface area contributed by atoms with Crippen molar-refractivity contribution < 1.29 is 13.5 Å². The molecule has 0 atom stereocenters. The van der Waals surface area contributed by atoms with Gasteiger partial charge in [-0.3, -0.25) is 0 Å². The first-order chi connectivity index (χ1) is 6.09. The molecule has 0 aliphatic carbocycles. The monoisotopic (exact) mass is 202 g/mol. The number of rotatable bonds is 3. The smallest absolute Gasteiger partial charge is 0.387 e. The van der Waals surface area contributed by atoms with E-state index in [1.54, 1.807) is 12.1 Å². The summed E-state index contributed by atoms with van der Waals surface area (Å²) in [6, 6.07) is 6.77. The molecule has 0 aromatic heterocycles. The second kappa shape index (κ2) is 5.58. The van der Waals surface area contributed by atoms with Crippen molar-refractivity contribution in [3.63, 3.8) is 0 Å². The van der Waals surface area contributed by atoms with Gasteiger partial charge in [-0.2, -0.15) is 8.78 Å². The Bertz CT molecular complexity index is 272. The van der Waals surface area contributed by atoms with Gasteiger partial charge in [0.2, 0.25) is 0 Å². The molecule has 0 N–H and O–H groups in total. The van der Waals surface area contributed by atoms with E-state index >= 15 is 0 Å². The number of hydrogen-bond acceptors (Lipinski definition) is 1. The lowest BCUT2D eigenvalue weighted by Gasteiger charge is -2.08. The molecule has 1 aromatic rings. The molecule has 14 heavy (non-hydrogen) atoms. The summed E-state index contributed by atoms with van der Waals surface area (Å²) < 4.78 is 27.9. The maximum atomic E-state index is 11.8. The Morgan fingerprint density at radius 1 is 1.21 bits per heavy atom. The van der Waals surface area contributed by atoms with Gasteiger partial charge >= 0.3 is 6.61 Å². The minimum absolute atomic E-state index is 0. The molecule has 0 aliphatic heterocycles. The van der Waals surface area contributed by atoms with E-state index in [0.29, 0.717) is 5.92 Å². The topological polar surface area (TPSA) is 9.23 Å². The van der Waals surface area contributed by atoms with Gasteiger partial charge in [0.15, 0.2) is 0 Å². The highest BCUT2D eigenvalue weighted by Gasteiger charge is 2.05. The molecule has 0 heterocycles. The van der Waals surface area contributed by atoms with E-state index in [1.807, 2.05) is 19.9 Å². The van der Waals surface area contributed by atoms with Crippen LogP contribution in [0.3, 0.4) is 0 Å². The summed E-state index contributed by atoms with van der Waals surface area (Å²) in [5.74, 6) is 0.544. The second-order valence-corrected chi connectivity index (χ2v) is 3.11. The normalized spacial score (nSPS) is 10.1. The molecule has 0 spiro atoms. The van der Waals surface area contributed by atoms with Gasteiger partial charge in [-0.15, -0.1) is 0 Å². The van der Waals surface area contributed by atoms with Crippen LogP contribution in [0.1, 0.15) is 32.8 Å². The number of alkyl halides is 2. The van der Waals surface area contributed by atoms with Crippen molar-refractivity contribution in [1.29, 1.82) is 0 Å². The van der Waals surface area contributed by atoms with Crippen molar-refractivity contribution in [3.8, 4) is 5.75 Å². The maximum absolute atomic E-state index is 11.8. The fourth-order valence-electron chi connectivity index (χ4n) is 1.05. The van der Waals surface area contributed by atoms with Gasteiger partial charge in [0, 0.05) is 0 Å². The summed E-state index contributed by atoms with van der Waals surface area (Å²) in [6.07, 6.45) is 0. The molecule has 0 unspecified atom stereocenters. The highest BCUT2D eigenvalue weighted by atomic mass is 19.3. The van der Waals surface area contributed by atoms with Crippen molar-refractivity contribution in [2.75, 3.05) is 0 Å². The van der Waals surface area contributed by atoms with Gasteiger partial charge in [-0.05, 0) is 23.6 Å². The van der Waals surface area contributed by atoms with Crippen LogP contribution in [0.25, 0.3) is 0 Å². The van der Waals surface area contributed by atoms with E-state index in [0.717, 1.165) is 5.56 Å². The summed E-state index contributed by atoms with van der Waals surface area (Å²) in [5.41, 5.74) is 0.998. The molecule has 3 heteroatoms. The fraction of sp³-hybridized carbons (Fsp3) is 0.455. The van der Waals surface area contributed by atoms with Crippen LogP contribution < -0.4 is 4.74 Å². The van der Waals surface area contributed by atoms with E-state index in [2.05, 4.69) is 4.74 Å². The molecule has 0 saturated carbocycles. The predicted octanol–water partition coefficient (Wildman–Crippen LogP) is 4.05. The second-order valence-electron chi connectivity index (χ2n) is 3.11. The molecule has 0 saturated heterocycles. The summed E-state index contributed by atoms with van der Waals surface area (Å²) in [4.78, 5) is 0. The Morgan fingerprint density at radius 3 is 2.36 bits per heavy atom. The zero-order chi connectivity index (χ0) is 9.84. The first kappa shape index (κ1) is 12.9. The van der Waals surface area contributed by atoms with E-state index in [4.69, 9.17) is 0 Å². The molecule has 0 radical (unpaired) electrons. The van der Waals surface area contributed by atoms with Crippen LogP contribution in [0, 0.1) is 0 Å². The van der Waals surface area contributed by atoms with Gasteiger partial charge in [-0.25, -0.2) is 0 Å². The Morgan fingerprint density at radius 2 is 1.86 bits per heavy atom. The van der Waals surface area contributed by atoms with Crippen LogP contribution in [-0.2, 0) is 0 Å². The minimum atomic E-state index is -2.75. The summed E-state index contributed by atoms with van der Waals surface area (Å²) in [6.45, 7) is 1.26. The lowest BCUT2D eigenvalue weighted by atomic mass is 10.0. The quantitative estimate of drug-likeness (QED) is 0.718. The summed E-state index contributed by atoms with van der Waals surface area (Å²) in [5, 5.41) is 0. The molecule has 1 rings (SSSR count). The van der Waals surface area contributed by atoms with Gasteiger partial charge in [0.25, 0.3) is 0 Å². The molecule has 0 amide bonds. The third kappa shape index (κ3) is 3.73. The fourth-order valence-corrected chi connectivity index (χ4v) is 1.05. The molecule has 1 nitrogen and oxygen atoms in total. The SMILES string of the molecule is C.CC(C)c1cccc(OC(F)F)c1. The molecule has 80 valence electrons. The van der Waals surface area contributed by atoms with Crippen molar-refractivity contribution in [2.45, 2.75) is 33.8 Å². The Balaban J connectivity index is 0.00000169. The molecule has 0 aliphatic rings. The third-order valence-corrected chi connectivity index (χ3v) is 1.75. The molecule has 1 aromatic carbocycles. The van der Waals surface area contributed by atoms with Gasteiger partial charge in [0.05, 0.1) is 0 Å². The Labute approximate surface area is 83.7 Å². The minimum Gasteiger partial charge on any atom is -0.435 e. The van der Waals surface area contributed by atoms with E-state index in [9.17, 15) is 8.78 Å². The van der Waals surface area contributed by atoms with Gasteiger partial charge < -0.3 is 4.74 Å². The van der Waals surface area contributed by atoms with E-state index < -0.39 is 6.61 Å². The van der Waals surface area contributed by atoms with Gasteiger partial charge in [0.1, 0.15) is 5.75 Å². The number of halogens is 2. The molecular weight excluding hydrogens is 186 g/mol.